The van der Waals surface area contributed by atoms with Gasteiger partial charge in [-0.05, 0) is 37.3 Å². The SMILES string of the molecule is CC(C(=O)Nc1cccc(C#N)c1)n1cnc2c(oc3ccccc32)c1=O. The van der Waals surface area contributed by atoms with Crippen molar-refractivity contribution in [1.29, 1.82) is 5.26 Å². The predicted octanol–water partition coefficient (Wildman–Crippen LogP) is 3.21. The summed E-state index contributed by atoms with van der Waals surface area (Å²) in [5, 5.41) is 12.4. The zero-order chi connectivity index (χ0) is 19.0. The third-order valence-electron chi connectivity index (χ3n) is 4.37. The van der Waals surface area contributed by atoms with Crippen molar-refractivity contribution in [2.45, 2.75) is 13.0 Å². The van der Waals surface area contributed by atoms with Gasteiger partial charge < -0.3 is 9.73 Å². The minimum absolute atomic E-state index is 0.116. The van der Waals surface area contributed by atoms with Gasteiger partial charge in [0.2, 0.25) is 11.5 Å². The fraction of sp³-hybridized carbons (Fsp3) is 0.100. The average Bonchev–Trinajstić information content (AvgIpc) is 3.07. The Kier molecular flexibility index (Phi) is 3.94. The molecule has 0 fully saturated rings. The van der Waals surface area contributed by atoms with Crippen molar-refractivity contribution in [3.63, 3.8) is 0 Å². The van der Waals surface area contributed by atoms with E-state index in [9.17, 15) is 9.59 Å². The molecule has 4 aromatic rings. The van der Waals surface area contributed by atoms with E-state index >= 15 is 0 Å². The van der Waals surface area contributed by atoms with Gasteiger partial charge in [-0.3, -0.25) is 14.2 Å². The number of fused-ring (bicyclic) bond motifs is 3. The monoisotopic (exact) mass is 358 g/mol. The number of hydrogen-bond acceptors (Lipinski definition) is 5. The van der Waals surface area contributed by atoms with Crippen LogP contribution in [-0.2, 0) is 4.79 Å². The lowest BCUT2D eigenvalue weighted by molar-refractivity contribution is -0.118. The Morgan fingerprint density at radius 1 is 1.26 bits per heavy atom. The number of furan rings is 1. The molecule has 0 aliphatic rings. The van der Waals surface area contributed by atoms with E-state index in [0.717, 1.165) is 5.39 Å². The fourth-order valence-corrected chi connectivity index (χ4v) is 2.91. The number of benzene rings is 2. The van der Waals surface area contributed by atoms with Crippen molar-refractivity contribution >= 4 is 33.7 Å². The van der Waals surface area contributed by atoms with Crippen molar-refractivity contribution in [3.05, 3.63) is 70.8 Å². The highest BCUT2D eigenvalue weighted by atomic mass is 16.3. The van der Waals surface area contributed by atoms with Crippen LogP contribution < -0.4 is 10.9 Å². The number of rotatable bonds is 3. The molecule has 1 amide bonds. The Morgan fingerprint density at radius 2 is 2.07 bits per heavy atom. The number of anilines is 1. The number of carbonyl (C=O) groups excluding carboxylic acids is 1. The van der Waals surface area contributed by atoms with Gasteiger partial charge in [0, 0.05) is 11.1 Å². The summed E-state index contributed by atoms with van der Waals surface area (Å²) >= 11 is 0. The number of para-hydroxylation sites is 1. The first kappa shape index (κ1) is 16.5. The number of hydrogen-bond donors (Lipinski definition) is 1. The molecule has 7 nitrogen and oxygen atoms in total. The third-order valence-corrected chi connectivity index (χ3v) is 4.37. The van der Waals surface area contributed by atoms with Crippen molar-refractivity contribution in [1.82, 2.24) is 9.55 Å². The zero-order valence-corrected chi connectivity index (χ0v) is 14.3. The summed E-state index contributed by atoms with van der Waals surface area (Å²) in [6, 6.07) is 15.0. The van der Waals surface area contributed by atoms with E-state index in [-0.39, 0.29) is 5.58 Å². The number of amides is 1. The van der Waals surface area contributed by atoms with E-state index in [1.165, 1.54) is 10.9 Å². The van der Waals surface area contributed by atoms with Crippen LogP contribution in [-0.4, -0.2) is 15.5 Å². The molecule has 132 valence electrons. The van der Waals surface area contributed by atoms with Gasteiger partial charge in [0.05, 0.1) is 18.0 Å². The summed E-state index contributed by atoms with van der Waals surface area (Å²) in [4.78, 5) is 29.7. The van der Waals surface area contributed by atoms with Crippen molar-refractivity contribution < 1.29 is 9.21 Å². The van der Waals surface area contributed by atoms with Crippen LogP contribution in [0.4, 0.5) is 5.69 Å². The first-order chi connectivity index (χ1) is 13.1. The molecule has 0 spiro atoms. The molecular formula is C20H14N4O3. The smallest absolute Gasteiger partial charge is 0.297 e. The second kappa shape index (κ2) is 6.42. The Hall–Kier alpha value is -3.92. The van der Waals surface area contributed by atoms with Crippen LogP contribution in [0.1, 0.15) is 18.5 Å². The number of aromatic nitrogens is 2. The molecule has 0 aliphatic carbocycles. The lowest BCUT2D eigenvalue weighted by atomic mass is 10.2. The predicted molar refractivity (Wildman–Crippen MR) is 100 cm³/mol. The Bertz CT molecular complexity index is 1280. The fourth-order valence-electron chi connectivity index (χ4n) is 2.91. The second-order valence-corrected chi connectivity index (χ2v) is 6.09. The molecule has 2 aromatic carbocycles. The largest absolute Gasteiger partial charge is 0.448 e. The van der Waals surface area contributed by atoms with E-state index < -0.39 is 17.5 Å². The number of nitriles is 1. The van der Waals surface area contributed by atoms with Gasteiger partial charge in [0.1, 0.15) is 17.1 Å². The Morgan fingerprint density at radius 3 is 2.89 bits per heavy atom. The molecule has 1 unspecified atom stereocenters. The van der Waals surface area contributed by atoms with E-state index in [1.807, 2.05) is 24.3 Å². The first-order valence-corrected chi connectivity index (χ1v) is 8.28. The average molecular weight is 358 g/mol. The summed E-state index contributed by atoms with van der Waals surface area (Å²) in [6.45, 7) is 1.60. The zero-order valence-electron chi connectivity index (χ0n) is 14.3. The molecule has 4 rings (SSSR count). The summed E-state index contributed by atoms with van der Waals surface area (Å²) < 4.78 is 6.87. The van der Waals surface area contributed by atoms with Crippen molar-refractivity contribution in [2.24, 2.45) is 0 Å². The summed E-state index contributed by atoms with van der Waals surface area (Å²) in [7, 11) is 0. The third kappa shape index (κ3) is 2.83. The van der Waals surface area contributed by atoms with Gasteiger partial charge >= 0.3 is 0 Å². The van der Waals surface area contributed by atoms with Crippen LogP contribution in [0.25, 0.3) is 22.1 Å². The minimum atomic E-state index is -0.812. The van der Waals surface area contributed by atoms with Crippen molar-refractivity contribution in [3.8, 4) is 6.07 Å². The number of carbonyl (C=O) groups is 1. The highest BCUT2D eigenvalue weighted by Gasteiger charge is 2.20. The van der Waals surface area contributed by atoms with Crippen LogP contribution in [0.15, 0.2) is 64.1 Å². The molecule has 7 heteroatoms. The maximum Gasteiger partial charge on any atom is 0.297 e. The van der Waals surface area contributed by atoms with Crippen LogP contribution in [0.5, 0.6) is 0 Å². The highest BCUT2D eigenvalue weighted by Crippen LogP contribution is 2.24. The number of nitrogens with one attached hydrogen (secondary N) is 1. The lowest BCUT2D eigenvalue weighted by Crippen LogP contribution is -2.31. The topological polar surface area (TPSA) is 101 Å². The Balaban J connectivity index is 1.69. The van der Waals surface area contributed by atoms with Crippen molar-refractivity contribution in [2.75, 3.05) is 5.32 Å². The molecule has 27 heavy (non-hydrogen) atoms. The van der Waals surface area contributed by atoms with Gasteiger partial charge in [-0.25, -0.2) is 4.98 Å². The molecule has 0 saturated carbocycles. The van der Waals surface area contributed by atoms with Crippen LogP contribution >= 0.6 is 0 Å². The van der Waals surface area contributed by atoms with E-state index in [4.69, 9.17) is 9.68 Å². The van der Waals surface area contributed by atoms with Crippen LogP contribution in [0.2, 0.25) is 0 Å². The van der Waals surface area contributed by atoms with E-state index in [2.05, 4.69) is 10.3 Å². The summed E-state index contributed by atoms with van der Waals surface area (Å²) in [5.74, 6) is -0.399. The molecule has 2 heterocycles. The molecular weight excluding hydrogens is 344 g/mol. The van der Waals surface area contributed by atoms with E-state index in [0.29, 0.717) is 22.4 Å². The maximum atomic E-state index is 12.8. The molecule has 0 saturated heterocycles. The van der Waals surface area contributed by atoms with Crippen LogP contribution in [0, 0.1) is 11.3 Å². The summed E-state index contributed by atoms with van der Waals surface area (Å²) in [5.41, 5.74) is 1.65. The highest BCUT2D eigenvalue weighted by molar-refractivity contribution is 6.02. The van der Waals surface area contributed by atoms with Gasteiger partial charge in [-0.1, -0.05) is 18.2 Å². The molecule has 1 N–H and O–H groups in total. The second-order valence-electron chi connectivity index (χ2n) is 6.09. The van der Waals surface area contributed by atoms with Crippen LogP contribution in [0.3, 0.4) is 0 Å². The molecule has 1 atom stereocenters. The maximum absolute atomic E-state index is 12.8. The quantitative estimate of drug-likeness (QED) is 0.606. The van der Waals surface area contributed by atoms with Gasteiger partial charge in [-0.15, -0.1) is 0 Å². The molecule has 2 aromatic heterocycles. The normalized spacial score (nSPS) is 12.0. The molecule has 0 aliphatic heterocycles. The van der Waals surface area contributed by atoms with Gasteiger partial charge in [0.25, 0.3) is 5.56 Å². The molecule has 0 radical (unpaired) electrons. The summed E-state index contributed by atoms with van der Waals surface area (Å²) in [6.07, 6.45) is 1.35. The van der Waals surface area contributed by atoms with Gasteiger partial charge in [0.15, 0.2) is 0 Å². The standard InChI is InChI=1S/C20H14N4O3/c1-12(19(25)23-14-6-4-5-13(9-14)10-21)24-11-22-17-15-7-2-3-8-16(15)27-18(17)20(24)26/h2-9,11-12H,1H3,(H,23,25). The van der Waals surface area contributed by atoms with E-state index in [1.54, 1.807) is 37.3 Å². The Labute approximate surface area is 153 Å². The minimum Gasteiger partial charge on any atom is -0.448 e. The van der Waals surface area contributed by atoms with Gasteiger partial charge in [-0.2, -0.15) is 5.26 Å². The lowest BCUT2D eigenvalue weighted by Gasteiger charge is -2.14. The molecule has 0 bridgehead atoms. The number of nitrogens with zero attached hydrogens (tertiary/aromatic N) is 3. The first-order valence-electron chi connectivity index (χ1n) is 8.28.